The van der Waals surface area contributed by atoms with E-state index in [0.717, 1.165) is 22.4 Å². The Labute approximate surface area is 135 Å². The molecule has 2 N–H and O–H groups in total. The predicted molar refractivity (Wildman–Crippen MR) is 84.1 cm³/mol. The zero-order valence-electron chi connectivity index (χ0n) is 11.4. The van der Waals surface area contributed by atoms with E-state index in [1.807, 2.05) is 0 Å². The maximum Gasteiger partial charge on any atom is 0.327 e. The third-order valence-corrected chi connectivity index (χ3v) is 4.38. The molecule has 1 unspecified atom stereocenters. The van der Waals surface area contributed by atoms with Crippen LogP contribution >= 0.6 is 24.0 Å². The standard InChI is InChI=1S/C13H12N2O5S2/c1-14-4-2-3-7(14)5-9-11(18)15(13(21)22-9)8(12(19)20)6-10(16)17/h2-5,8H,6H2,1H3,(H,16,17)(H,19,20)/b9-5-. The van der Waals surface area contributed by atoms with Gasteiger partial charge in [-0.15, -0.1) is 0 Å². The van der Waals surface area contributed by atoms with Gasteiger partial charge in [0, 0.05) is 18.9 Å². The number of hydrogen-bond acceptors (Lipinski definition) is 5. The van der Waals surface area contributed by atoms with Gasteiger partial charge in [-0.05, 0) is 18.2 Å². The maximum atomic E-state index is 12.4. The van der Waals surface area contributed by atoms with Gasteiger partial charge in [0.2, 0.25) is 0 Å². The van der Waals surface area contributed by atoms with Crippen molar-refractivity contribution in [1.29, 1.82) is 0 Å². The molecule has 1 fully saturated rings. The van der Waals surface area contributed by atoms with Crippen molar-refractivity contribution in [3.8, 4) is 0 Å². The van der Waals surface area contributed by atoms with Gasteiger partial charge in [0.25, 0.3) is 5.91 Å². The van der Waals surface area contributed by atoms with Crippen LogP contribution in [0.4, 0.5) is 0 Å². The second kappa shape index (κ2) is 6.32. The number of carboxylic acids is 2. The molecule has 22 heavy (non-hydrogen) atoms. The Bertz CT molecular complexity index is 694. The van der Waals surface area contributed by atoms with Crippen molar-refractivity contribution < 1.29 is 24.6 Å². The Morgan fingerprint density at radius 1 is 1.45 bits per heavy atom. The number of aromatic nitrogens is 1. The fourth-order valence-corrected chi connectivity index (χ4v) is 3.30. The minimum absolute atomic E-state index is 0.0408. The number of thioether (sulfide) groups is 1. The van der Waals surface area contributed by atoms with E-state index in [4.69, 9.17) is 22.4 Å². The van der Waals surface area contributed by atoms with E-state index in [0.29, 0.717) is 0 Å². The molecule has 0 bridgehead atoms. The first-order chi connectivity index (χ1) is 10.3. The van der Waals surface area contributed by atoms with Crippen LogP contribution in [-0.4, -0.2) is 47.9 Å². The molecule has 0 aromatic carbocycles. The van der Waals surface area contributed by atoms with Gasteiger partial charge in [-0.25, -0.2) is 4.79 Å². The molecule has 1 aromatic heterocycles. The monoisotopic (exact) mass is 340 g/mol. The molecular weight excluding hydrogens is 328 g/mol. The van der Waals surface area contributed by atoms with Crippen LogP contribution in [0.2, 0.25) is 0 Å². The minimum atomic E-state index is -1.51. The number of aryl methyl sites for hydroxylation is 1. The normalized spacial score (nSPS) is 18.0. The summed E-state index contributed by atoms with van der Waals surface area (Å²) in [4.78, 5) is 35.5. The van der Waals surface area contributed by atoms with Gasteiger partial charge in [-0.2, -0.15) is 0 Å². The van der Waals surface area contributed by atoms with Crippen LogP contribution < -0.4 is 0 Å². The second-order valence-electron chi connectivity index (χ2n) is 4.55. The van der Waals surface area contributed by atoms with E-state index in [1.165, 1.54) is 0 Å². The number of rotatable bonds is 5. The number of hydrogen-bond donors (Lipinski definition) is 2. The highest BCUT2D eigenvalue weighted by atomic mass is 32.2. The Morgan fingerprint density at radius 2 is 2.14 bits per heavy atom. The molecule has 1 aromatic rings. The molecule has 9 heteroatoms. The van der Waals surface area contributed by atoms with E-state index in [9.17, 15) is 14.4 Å². The number of aliphatic carboxylic acids is 2. The SMILES string of the molecule is Cn1cccc1/C=C1\SC(=S)N(C(CC(=O)O)C(=O)O)C1=O. The number of nitrogens with zero attached hydrogens (tertiary/aromatic N) is 2. The summed E-state index contributed by atoms with van der Waals surface area (Å²) in [5.74, 6) is -3.31. The summed E-state index contributed by atoms with van der Waals surface area (Å²) in [5, 5.41) is 18.0. The van der Waals surface area contributed by atoms with Gasteiger partial charge in [0.15, 0.2) is 0 Å². The zero-order chi connectivity index (χ0) is 16.4. The first-order valence-electron chi connectivity index (χ1n) is 6.14. The molecule has 1 aliphatic heterocycles. The summed E-state index contributed by atoms with van der Waals surface area (Å²) in [6.07, 6.45) is 2.69. The van der Waals surface area contributed by atoms with Crippen LogP contribution in [0.15, 0.2) is 23.2 Å². The quantitative estimate of drug-likeness (QED) is 0.613. The van der Waals surface area contributed by atoms with Crippen molar-refractivity contribution in [3.63, 3.8) is 0 Å². The van der Waals surface area contributed by atoms with Gasteiger partial charge < -0.3 is 14.8 Å². The van der Waals surface area contributed by atoms with E-state index in [-0.39, 0.29) is 9.23 Å². The average Bonchev–Trinajstić information content (AvgIpc) is 2.93. The Balaban J connectivity index is 2.32. The number of thiocarbonyl (C=S) groups is 1. The van der Waals surface area contributed by atoms with Crippen molar-refractivity contribution in [1.82, 2.24) is 9.47 Å². The highest BCUT2D eigenvalue weighted by Crippen LogP contribution is 2.34. The van der Waals surface area contributed by atoms with Crippen LogP contribution in [0.5, 0.6) is 0 Å². The molecule has 116 valence electrons. The molecule has 2 heterocycles. The first-order valence-corrected chi connectivity index (χ1v) is 7.36. The van der Waals surface area contributed by atoms with E-state index in [2.05, 4.69) is 0 Å². The number of carbonyl (C=O) groups is 3. The van der Waals surface area contributed by atoms with Crippen molar-refractivity contribution in [2.24, 2.45) is 7.05 Å². The lowest BCUT2D eigenvalue weighted by Gasteiger charge is -2.21. The van der Waals surface area contributed by atoms with Crippen LogP contribution in [0.25, 0.3) is 6.08 Å². The van der Waals surface area contributed by atoms with Crippen LogP contribution in [-0.2, 0) is 21.4 Å². The largest absolute Gasteiger partial charge is 0.481 e. The summed E-state index contributed by atoms with van der Waals surface area (Å²) in [7, 11) is 1.80. The first kappa shape index (κ1) is 16.2. The van der Waals surface area contributed by atoms with Gasteiger partial charge in [-0.3, -0.25) is 14.5 Å². The van der Waals surface area contributed by atoms with E-state index in [1.54, 1.807) is 36.0 Å². The molecule has 1 aliphatic rings. The Morgan fingerprint density at radius 3 is 2.64 bits per heavy atom. The number of carboxylic acid groups (broad SMARTS) is 2. The molecule has 0 aliphatic carbocycles. The Kier molecular flexibility index (Phi) is 4.67. The molecule has 0 saturated carbocycles. The molecule has 7 nitrogen and oxygen atoms in total. The molecule has 2 rings (SSSR count). The summed E-state index contributed by atoms with van der Waals surface area (Å²) in [6, 6.07) is 2.08. The van der Waals surface area contributed by atoms with Gasteiger partial charge >= 0.3 is 11.9 Å². The lowest BCUT2D eigenvalue weighted by atomic mass is 10.2. The van der Waals surface area contributed by atoms with Crippen LogP contribution in [0, 0.1) is 0 Å². The highest BCUT2D eigenvalue weighted by molar-refractivity contribution is 8.26. The lowest BCUT2D eigenvalue weighted by molar-refractivity contribution is -0.150. The fourth-order valence-electron chi connectivity index (χ4n) is 1.96. The summed E-state index contributed by atoms with van der Waals surface area (Å²) in [5.41, 5.74) is 0.755. The topological polar surface area (TPSA) is 99.8 Å². The minimum Gasteiger partial charge on any atom is -0.481 e. The van der Waals surface area contributed by atoms with Crippen molar-refractivity contribution in [2.45, 2.75) is 12.5 Å². The molecule has 1 saturated heterocycles. The molecule has 0 spiro atoms. The second-order valence-corrected chi connectivity index (χ2v) is 6.22. The van der Waals surface area contributed by atoms with E-state index >= 15 is 0 Å². The van der Waals surface area contributed by atoms with Crippen molar-refractivity contribution >= 4 is 52.2 Å². The molecular formula is C13H12N2O5S2. The highest BCUT2D eigenvalue weighted by Gasteiger charge is 2.41. The summed E-state index contributed by atoms with van der Waals surface area (Å²) in [6.45, 7) is 0. The average molecular weight is 340 g/mol. The molecule has 1 atom stereocenters. The predicted octanol–water partition coefficient (Wildman–Crippen LogP) is 1.15. The third-order valence-electron chi connectivity index (χ3n) is 3.05. The molecule has 1 amide bonds. The zero-order valence-corrected chi connectivity index (χ0v) is 13.1. The van der Waals surface area contributed by atoms with Crippen LogP contribution in [0.3, 0.4) is 0 Å². The maximum absolute atomic E-state index is 12.4. The number of carbonyl (C=O) groups excluding carboxylic acids is 1. The smallest absolute Gasteiger partial charge is 0.327 e. The van der Waals surface area contributed by atoms with Crippen molar-refractivity contribution in [2.75, 3.05) is 0 Å². The van der Waals surface area contributed by atoms with Crippen LogP contribution in [0.1, 0.15) is 12.1 Å². The third kappa shape index (κ3) is 3.20. The number of amides is 1. The van der Waals surface area contributed by atoms with E-state index < -0.39 is 30.3 Å². The summed E-state index contributed by atoms with van der Waals surface area (Å²) < 4.78 is 1.83. The van der Waals surface area contributed by atoms with Crippen molar-refractivity contribution in [3.05, 3.63) is 28.9 Å². The summed E-state index contributed by atoms with van der Waals surface area (Å²) >= 11 is 6.00. The van der Waals surface area contributed by atoms with Gasteiger partial charge in [-0.1, -0.05) is 24.0 Å². The van der Waals surface area contributed by atoms with Gasteiger partial charge in [0.05, 0.1) is 11.3 Å². The Hall–Kier alpha value is -2.13. The lowest BCUT2D eigenvalue weighted by Crippen LogP contribution is -2.45. The fraction of sp³-hybridized carbons (Fsp3) is 0.231. The van der Waals surface area contributed by atoms with Gasteiger partial charge in [0.1, 0.15) is 10.4 Å². The molecule has 0 radical (unpaired) electrons.